The molecule has 4 heteroatoms. The van der Waals surface area contributed by atoms with Crippen molar-refractivity contribution in [1.82, 2.24) is 5.32 Å². The molecular weight excluding hydrogens is 258 g/mol. The van der Waals surface area contributed by atoms with E-state index in [1.807, 2.05) is 13.0 Å². The van der Waals surface area contributed by atoms with Crippen LogP contribution in [0.4, 0.5) is 0 Å². The maximum atomic E-state index is 12.1. The molecule has 2 N–H and O–H groups in total. The van der Waals surface area contributed by atoms with Gasteiger partial charge in [-0.2, -0.15) is 0 Å². The lowest BCUT2D eigenvalue weighted by Gasteiger charge is -2.10. The van der Waals surface area contributed by atoms with Gasteiger partial charge >= 0.3 is 0 Å². The van der Waals surface area contributed by atoms with Gasteiger partial charge in [-0.1, -0.05) is 24.7 Å². The summed E-state index contributed by atoms with van der Waals surface area (Å²) in [5.41, 5.74) is 1.03. The second-order valence-corrected chi connectivity index (χ2v) is 5.91. The van der Waals surface area contributed by atoms with Gasteiger partial charge in [0, 0.05) is 12.5 Å². The van der Waals surface area contributed by atoms with Gasteiger partial charge in [-0.25, -0.2) is 0 Å². The Hall–Kier alpha value is -1.31. The van der Waals surface area contributed by atoms with Gasteiger partial charge in [0.25, 0.3) is 5.91 Å². The van der Waals surface area contributed by atoms with Crippen molar-refractivity contribution in [2.24, 2.45) is 0 Å². The number of nitrogens with one attached hydrogen (secondary N) is 1. The molecule has 1 aromatic heterocycles. The number of carbonyl (C=O) groups is 1. The van der Waals surface area contributed by atoms with Crippen molar-refractivity contribution in [2.45, 2.75) is 45.1 Å². The molecule has 0 saturated heterocycles. The maximum absolute atomic E-state index is 12.1. The minimum absolute atomic E-state index is 0.0233. The number of hydrogen-bond donors (Lipinski definition) is 2. The van der Waals surface area contributed by atoms with E-state index >= 15 is 0 Å². The molecule has 2 rings (SSSR count). The van der Waals surface area contributed by atoms with Crippen LogP contribution in [0.15, 0.2) is 6.07 Å². The van der Waals surface area contributed by atoms with Crippen molar-refractivity contribution in [3.05, 3.63) is 21.4 Å². The van der Waals surface area contributed by atoms with Crippen LogP contribution < -0.4 is 5.32 Å². The van der Waals surface area contributed by atoms with Crippen LogP contribution in [0, 0.1) is 18.8 Å². The second-order valence-electron chi connectivity index (χ2n) is 4.85. The van der Waals surface area contributed by atoms with E-state index in [9.17, 15) is 4.79 Å². The summed E-state index contributed by atoms with van der Waals surface area (Å²) in [6.45, 7) is 2.04. The first-order chi connectivity index (χ1) is 9.20. The molecule has 1 fully saturated rings. The van der Waals surface area contributed by atoms with E-state index in [0.29, 0.717) is 12.5 Å². The number of aryl methyl sites for hydroxylation is 1. The van der Waals surface area contributed by atoms with E-state index in [4.69, 9.17) is 5.11 Å². The predicted molar refractivity (Wildman–Crippen MR) is 77.4 cm³/mol. The standard InChI is InChI=1S/C15H19NO2S/c1-11-10-14(19-13(11)8-4-5-9-17)15(18)16-12-6-2-3-7-12/h10,12,17H,2-3,5-7,9H2,1H3,(H,16,18). The van der Waals surface area contributed by atoms with Gasteiger partial charge in [0.1, 0.15) is 0 Å². The third kappa shape index (κ3) is 3.82. The largest absolute Gasteiger partial charge is 0.395 e. The van der Waals surface area contributed by atoms with Crippen LogP contribution in [0.25, 0.3) is 0 Å². The molecule has 0 aliphatic heterocycles. The molecule has 1 aliphatic carbocycles. The Kier molecular flexibility index (Phi) is 5.00. The van der Waals surface area contributed by atoms with Crippen molar-refractivity contribution >= 4 is 17.2 Å². The number of rotatable bonds is 3. The van der Waals surface area contributed by atoms with Gasteiger partial charge in [0.05, 0.1) is 16.4 Å². The van der Waals surface area contributed by atoms with E-state index in [2.05, 4.69) is 17.2 Å². The molecule has 0 spiro atoms. The molecule has 102 valence electrons. The Morgan fingerprint density at radius 1 is 1.53 bits per heavy atom. The molecule has 0 atom stereocenters. The van der Waals surface area contributed by atoms with E-state index in [1.165, 1.54) is 24.2 Å². The molecular formula is C15H19NO2S. The summed E-state index contributed by atoms with van der Waals surface area (Å²) in [5.74, 6) is 5.93. The Bertz CT molecular complexity index is 504. The van der Waals surface area contributed by atoms with Crippen molar-refractivity contribution in [1.29, 1.82) is 0 Å². The lowest BCUT2D eigenvalue weighted by atomic mass is 10.2. The summed E-state index contributed by atoms with van der Waals surface area (Å²) in [6.07, 6.45) is 5.10. The number of aliphatic hydroxyl groups is 1. The van der Waals surface area contributed by atoms with Gasteiger partial charge in [0.2, 0.25) is 0 Å². The summed E-state index contributed by atoms with van der Waals surface area (Å²) in [6, 6.07) is 2.25. The van der Waals surface area contributed by atoms with Gasteiger partial charge in [-0.15, -0.1) is 11.3 Å². The van der Waals surface area contributed by atoms with Crippen molar-refractivity contribution < 1.29 is 9.90 Å². The average Bonchev–Trinajstić information content (AvgIpc) is 3.00. The lowest BCUT2D eigenvalue weighted by molar-refractivity contribution is 0.0942. The topological polar surface area (TPSA) is 49.3 Å². The number of thiophene rings is 1. The van der Waals surface area contributed by atoms with Crippen LogP contribution >= 0.6 is 11.3 Å². The highest BCUT2D eigenvalue weighted by Crippen LogP contribution is 2.23. The first-order valence-corrected chi connectivity index (χ1v) is 7.53. The molecule has 3 nitrogen and oxygen atoms in total. The predicted octanol–water partition coefficient (Wildman–Crippen LogP) is 2.46. The van der Waals surface area contributed by atoms with E-state index in [1.54, 1.807) is 0 Å². The minimum atomic E-state index is 0.0233. The van der Waals surface area contributed by atoms with Crippen molar-refractivity contribution in [2.75, 3.05) is 6.61 Å². The summed E-state index contributed by atoms with van der Waals surface area (Å²) < 4.78 is 0. The van der Waals surface area contributed by atoms with Crippen LogP contribution in [0.2, 0.25) is 0 Å². The molecule has 1 aliphatic rings. The van der Waals surface area contributed by atoms with Gasteiger partial charge in [-0.3, -0.25) is 4.79 Å². The van der Waals surface area contributed by atoms with Crippen LogP contribution in [0.1, 0.15) is 52.2 Å². The van der Waals surface area contributed by atoms with Crippen LogP contribution in [0.3, 0.4) is 0 Å². The molecule has 0 radical (unpaired) electrons. The highest BCUT2D eigenvalue weighted by atomic mass is 32.1. The zero-order valence-electron chi connectivity index (χ0n) is 11.2. The summed E-state index contributed by atoms with van der Waals surface area (Å²) in [5, 5.41) is 11.8. The first-order valence-electron chi connectivity index (χ1n) is 6.71. The Balaban J connectivity index is 2.02. The molecule has 0 bridgehead atoms. The van der Waals surface area contributed by atoms with E-state index in [0.717, 1.165) is 28.2 Å². The molecule has 1 heterocycles. The second kappa shape index (κ2) is 6.74. The first kappa shape index (κ1) is 14.1. The number of hydrogen-bond acceptors (Lipinski definition) is 3. The van der Waals surface area contributed by atoms with Crippen LogP contribution in [-0.4, -0.2) is 23.7 Å². The Morgan fingerprint density at radius 3 is 2.95 bits per heavy atom. The molecule has 1 saturated carbocycles. The number of carbonyl (C=O) groups excluding carboxylic acids is 1. The average molecular weight is 277 g/mol. The van der Waals surface area contributed by atoms with Crippen molar-refractivity contribution in [3.8, 4) is 11.8 Å². The normalized spacial score (nSPS) is 15.1. The lowest BCUT2D eigenvalue weighted by Crippen LogP contribution is -2.31. The Labute approximate surface area is 118 Å². The zero-order valence-corrected chi connectivity index (χ0v) is 12.0. The smallest absolute Gasteiger partial charge is 0.261 e. The van der Waals surface area contributed by atoms with E-state index < -0.39 is 0 Å². The van der Waals surface area contributed by atoms with Crippen molar-refractivity contribution in [3.63, 3.8) is 0 Å². The highest BCUT2D eigenvalue weighted by molar-refractivity contribution is 7.14. The summed E-state index contributed by atoms with van der Waals surface area (Å²) in [4.78, 5) is 13.8. The summed E-state index contributed by atoms with van der Waals surface area (Å²) in [7, 11) is 0. The van der Waals surface area contributed by atoms with Gasteiger partial charge in [0.15, 0.2) is 0 Å². The third-order valence-electron chi connectivity index (χ3n) is 3.27. The fraction of sp³-hybridized carbons (Fsp3) is 0.533. The fourth-order valence-corrected chi connectivity index (χ4v) is 3.19. The minimum Gasteiger partial charge on any atom is -0.395 e. The monoisotopic (exact) mass is 277 g/mol. The molecule has 0 unspecified atom stereocenters. The van der Waals surface area contributed by atoms with Crippen LogP contribution in [-0.2, 0) is 0 Å². The molecule has 0 aromatic carbocycles. The molecule has 1 amide bonds. The van der Waals surface area contributed by atoms with Gasteiger partial charge in [-0.05, 0) is 31.4 Å². The number of aliphatic hydroxyl groups excluding tert-OH is 1. The third-order valence-corrected chi connectivity index (χ3v) is 4.42. The number of amides is 1. The highest BCUT2D eigenvalue weighted by Gasteiger charge is 2.19. The van der Waals surface area contributed by atoms with Gasteiger partial charge < -0.3 is 10.4 Å². The summed E-state index contributed by atoms with van der Waals surface area (Å²) >= 11 is 1.43. The molecule has 19 heavy (non-hydrogen) atoms. The SMILES string of the molecule is Cc1cc(C(=O)NC2CCCC2)sc1C#CCCO. The molecule has 1 aromatic rings. The van der Waals surface area contributed by atoms with E-state index in [-0.39, 0.29) is 12.5 Å². The van der Waals surface area contributed by atoms with Crippen LogP contribution in [0.5, 0.6) is 0 Å². The fourth-order valence-electron chi connectivity index (χ4n) is 2.24. The maximum Gasteiger partial charge on any atom is 0.261 e. The quantitative estimate of drug-likeness (QED) is 0.834. The zero-order chi connectivity index (χ0) is 13.7. The Morgan fingerprint density at radius 2 is 2.26 bits per heavy atom.